The third-order valence-electron chi connectivity index (χ3n) is 0.826. The summed E-state index contributed by atoms with van der Waals surface area (Å²) < 4.78 is 68.7. The molecule has 82 valence electrons. The number of amides is 1. The van der Waals surface area contributed by atoms with Gasteiger partial charge in [0.15, 0.2) is 0 Å². The predicted octanol–water partition coefficient (Wildman–Crippen LogP) is 0.499. The molecule has 4 nitrogen and oxygen atoms in total. The quantitative estimate of drug-likeness (QED) is 0.294. The third-order valence-corrected chi connectivity index (χ3v) is 0.826. The Hall–Kier alpha value is -1.48. The Morgan fingerprint density at radius 3 is 1.79 bits per heavy atom. The van der Waals surface area contributed by atoms with Crippen LogP contribution in [0.4, 0.5) is 26.3 Å². The minimum absolute atomic E-state index is 0.608. The van der Waals surface area contributed by atoms with Gasteiger partial charge in [0.05, 0.1) is 0 Å². The number of hydrogen-bond acceptors (Lipinski definition) is 2. The maximum absolute atomic E-state index is 11.5. The lowest BCUT2D eigenvalue weighted by Gasteiger charge is -2.06. The highest BCUT2D eigenvalue weighted by Crippen LogP contribution is 2.15. The SMILES string of the molecule is NC(=NNC(=O)C(F)(F)F)C(F)(F)F. The van der Waals surface area contributed by atoms with E-state index in [9.17, 15) is 31.1 Å². The number of hydrazone groups is 1. The van der Waals surface area contributed by atoms with Gasteiger partial charge in [-0.1, -0.05) is 0 Å². The van der Waals surface area contributed by atoms with Gasteiger partial charge in [-0.3, -0.25) is 4.79 Å². The van der Waals surface area contributed by atoms with Crippen molar-refractivity contribution < 1.29 is 31.1 Å². The van der Waals surface area contributed by atoms with Crippen LogP contribution >= 0.6 is 0 Å². The standard InChI is InChI=1S/C4H3F6N3O/c5-3(6,7)1(11)12-13-2(14)4(8,9)10/h(H2,11,12)(H,13,14). The lowest BCUT2D eigenvalue weighted by Crippen LogP contribution is -2.38. The normalized spacial score (nSPS) is 14.0. The highest BCUT2D eigenvalue weighted by atomic mass is 19.4. The number of nitrogens with one attached hydrogen (secondary N) is 1. The number of amidine groups is 1. The Morgan fingerprint density at radius 1 is 1.07 bits per heavy atom. The highest BCUT2D eigenvalue weighted by Gasteiger charge is 2.40. The van der Waals surface area contributed by atoms with Crippen LogP contribution in [0.3, 0.4) is 0 Å². The molecule has 0 saturated carbocycles. The lowest BCUT2D eigenvalue weighted by atomic mass is 10.6. The maximum atomic E-state index is 11.5. The van der Waals surface area contributed by atoms with Crippen LogP contribution < -0.4 is 11.2 Å². The molecule has 0 atom stereocenters. The molecule has 0 unspecified atom stereocenters. The van der Waals surface area contributed by atoms with Crippen molar-refractivity contribution in [2.24, 2.45) is 10.8 Å². The molecule has 14 heavy (non-hydrogen) atoms. The number of rotatable bonds is 1. The minimum Gasteiger partial charge on any atom is -0.378 e. The van der Waals surface area contributed by atoms with E-state index in [0.29, 0.717) is 5.43 Å². The van der Waals surface area contributed by atoms with Gasteiger partial charge in [0.25, 0.3) is 0 Å². The zero-order chi connectivity index (χ0) is 11.6. The first-order valence-electron chi connectivity index (χ1n) is 2.82. The summed E-state index contributed by atoms with van der Waals surface area (Å²) in [5.41, 5.74) is 4.79. The van der Waals surface area contributed by atoms with E-state index in [4.69, 9.17) is 0 Å². The molecule has 0 saturated heterocycles. The van der Waals surface area contributed by atoms with E-state index in [2.05, 4.69) is 5.73 Å². The van der Waals surface area contributed by atoms with Gasteiger partial charge >= 0.3 is 18.3 Å². The topological polar surface area (TPSA) is 67.5 Å². The second-order valence-electron chi connectivity index (χ2n) is 1.93. The fourth-order valence-corrected chi connectivity index (χ4v) is 0.238. The molecule has 0 spiro atoms. The average Bonchev–Trinajstić information content (AvgIpc) is 1.95. The van der Waals surface area contributed by atoms with E-state index < -0.39 is 24.1 Å². The van der Waals surface area contributed by atoms with Gasteiger partial charge in [0, 0.05) is 0 Å². The first-order chi connectivity index (χ1) is 6.05. The summed E-state index contributed by atoms with van der Waals surface area (Å²) in [6.07, 6.45) is -10.4. The number of carbonyl (C=O) groups is 1. The van der Waals surface area contributed by atoms with Crippen molar-refractivity contribution in [1.29, 1.82) is 0 Å². The second kappa shape index (κ2) is 3.72. The Bertz CT molecular complexity index is 253. The second-order valence-corrected chi connectivity index (χ2v) is 1.93. The molecule has 0 fully saturated rings. The van der Waals surface area contributed by atoms with Crippen LogP contribution in [-0.2, 0) is 4.79 Å². The molecule has 0 aliphatic carbocycles. The van der Waals surface area contributed by atoms with Gasteiger partial charge in [0.2, 0.25) is 5.84 Å². The molecular weight excluding hydrogens is 220 g/mol. The van der Waals surface area contributed by atoms with Crippen molar-refractivity contribution in [3.63, 3.8) is 0 Å². The molecule has 0 bridgehead atoms. The first kappa shape index (κ1) is 12.5. The van der Waals surface area contributed by atoms with Crippen LogP contribution in [-0.4, -0.2) is 24.1 Å². The number of carbonyl (C=O) groups excluding carboxylic acids is 1. The smallest absolute Gasteiger partial charge is 0.378 e. The first-order valence-corrected chi connectivity index (χ1v) is 2.82. The van der Waals surface area contributed by atoms with E-state index >= 15 is 0 Å². The Labute approximate surface area is 72.7 Å². The summed E-state index contributed by atoms with van der Waals surface area (Å²) in [5, 5.41) is 2.01. The van der Waals surface area contributed by atoms with Crippen LogP contribution in [0.2, 0.25) is 0 Å². The number of nitrogens with zero attached hydrogens (tertiary/aromatic N) is 1. The summed E-state index contributed by atoms with van der Waals surface area (Å²) in [5.74, 6) is -4.71. The number of hydrogen-bond donors (Lipinski definition) is 2. The molecule has 0 rings (SSSR count). The van der Waals surface area contributed by atoms with Crippen LogP contribution in [0.25, 0.3) is 0 Å². The van der Waals surface area contributed by atoms with Gasteiger partial charge in [-0.2, -0.15) is 26.3 Å². The van der Waals surface area contributed by atoms with Gasteiger partial charge in [-0.25, -0.2) is 5.43 Å². The van der Waals surface area contributed by atoms with E-state index in [1.54, 1.807) is 0 Å². The fraction of sp³-hybridized carbons (Fsp3) is 0.500. The minimum atomic E-state index is -5.31. The Morgan fingerprint density at radius 2 is 1.50 bits per heavy atom. The molecule has 0 aliphatic rings. The highest BCUT2D eigenvalue weighted by molar-refractivity contribution is 5.88. The number of nitrogens with two attached hydrogens (primary N) is 1. The lowest BCUT2D eigenvalue weighted by molar-refractivity contribution is -0.173. The van der Waals surface area contributed by atoms with Crippen LogP contribution in [0.5, 0.6) is 0 Å². The number of halogens is 6. The van der Waals surface area contributed by atoms with Crippen molar-refractivity contribution in [1.82, 2.24) is 5.43 Å². The molecule has 1 amide bonds. The molecule has 0 aliphatic heterocycles. The van der Waals surface area contributed by atoms with Crippen molar-refractivity contribution in [2.45, 2.75) is 12.4 Å². The predicted molar refractivity (Wildman–Crippen MR) is 31.9 cm³/mol. The van der Waals surface area contributed by atoms with Crippen molar-refractivity contribution >= 4 is 11.7 Å². The Kier molecular flexibility index (Phi) is 3.32. The van der Waals surface area contributed by atoms with Crippen molar-refractivity contribution in [2.75, 3.05) is 0 Å². The van der Waals surface area contributed by atoms with E-state index in [-0.39, 0.29) is 0 Å². The number of alkyl halides is 6. The van der Waals surface area contributed by atoms with Gasteiger partial charge in [-0.15, -0.1) is 5.10 Å². The van der Waals surface area contributed by atoms with Crippen molar-refractivity contribution in [3.05, 3.63) is 0 Å². The average molecular weight is 223 g/mol. The maximum Gasteiger partial charge on any atom is 0.473 e. The van der Waals surface area contributed by atoms with Crippen LogP contribution in [0, 0.1) is 0 Å². The summed E-state index contributed by atoms with van der Waals surface area (Å²) in [6, 6.07) is 0. The van der Waals surface area contributed by atoms with Crippen LogP contribution in [0.1, 0.15) is 0 Å². The van der Waals surface area contributed by atoms with E-state index in [1.807, 2.05) is 5.10 Å². The van der Waals surface area contributed by atoms with Gasteiger partial charge in [0.1, 0.15) is 0 Å². The summed E-state index contributed by atoms with van der Waals surface area (Å²) in [4.78, 5) is 9.93. The van der Waals surface area contributed by atoms with Gasteiger partial charge < -0.3 is 5.73 Å². The molecule has 0 aromatic heterocycles. The summed E-state index contributed by atoms with van der Waals surface area (Å²) in [7, 11) is 0. The van der Waals surface area contributed by atoms with E-state index in [0.717, 1.165) is 0 Å². The third kappa shape index (κ3) is 3.96. The molecule has 0 radical (unpaired) electrons. The monoisotopic (exact) mass is 223 g/mol. The molecule has 10 heteroatoms. The molecule has 0 aromatic rings. The van der Waals surface area contributed by atoms with Crippen LogP contribution in [0.15, 0.2) is 5.10 Å². The summed E-state index contributed by atoms with van der Waals surface area (Å²) >= 11 is 0. The van der Waals surface area contributed by atoms with Gasteiger partial charge in [-0.05, 0) is 0 Å². The zero-order valence-corrected chi connectivity index (χ0v) is 6.20. The largest absolute Gasteiger partial charge is 0.473 e. The summed E-state index contributed by atoms with van der Waals surface area (Å²) in [6.45, 7) is 0. The molecule has 0 heterocycles. The Balaban J connectivity index is 4.39. The molecule has 0 aromatic carbocycles. The zero-order valence-electron chi connectivity index (χ0n) is 6.20. The van der Waals surface area contributed by atoms with Crippen molar-refractivity contribution in [3.8, 4) is 0 Å². The fourth-order valence-electron chi connectivity index (χ4n) is 0.238. The molecular formula is C4H3F6N3O. The molecule has 3 N–H and O–H groups in total. The van der Waals surface area contributed by atoms with E-state index in [1.165, 1.54) is 0 Å².